The summed E-state index contributed by atoms with van der Waals surface area (Å²) in [5, 5.41) is 14.9. The highest BCUT2D eigenvalue weighted by Gasteiger charge is 2.14. The van der Waals surface area contributed by atoms with Gasteiger partial charge in [0, 0.05) is 31.4 Å². The van der Waals surface area contributed by atoms with Crippen LogP contribution in [0, 0.1) is 0 Å². The van der Waals surface area contributed by atoms with E-state index in [1.807, 2.05) is 25.1 Å². The van der Waals surface area contributed by atoms with Crippen LogP contribution in [0.1, 0.15) is 0 Å². The number of likely N-dealkylation sites (N-methyl/N-ethyl adjacent to an activating group) is 1. The molecular formula is C13H15Cl2N3O. The second-order valence-electron chi connectivity index (χ2n) is 4.17. The van der Waals surface area contributed by atoms with Gasteiger partial charge in [-0.05, 0) is 12.1 Å². The van der Waals surface area contributed by atoms with E-state index in [4.69, 9.17) is 28.3 Å². The van der Waals surface area contributed by atoms with Gasteiger partial charge in [-0.15, -0.1) is 0 Å². The van der Waals surface area contributed by atoms with Gasteiger partial charge >= 0.3 is 0 Å². The number of nitrogens with one attached hydrogen (secondary N) is 1. The Morgan fingerprint density at radius 1 is 1.37 bits per heavy atom. The lowest BCUT2D eigenvalue weighted by Gasteiger charge is -2.20. The van der Waals surface area contributed by atoms with Crippen LogP contribution in [0.2, 0.25) is 10.0 Å². The van der Waals surface area contributed by atoms with E-state index in [2.05, 4.69) is 10.3 Å². The fourth-order valence-corrected chi connectivity index (χ4v) is 2.43. The van der Waals surface area contributed by atoms with E-state index >= 15 is 0 Å². The smallest absolute Gasteiger partial charge is 0.136 e. The minimum Gasteiger partial charge on any atom is -0.395 e. The van der Waals surface area contributed by atoms with Crippen LogP contribution < -0.4 is 10.2 Å². The fraction of sp³-hybridized carbons (Fsp3) is 0.308. The van der Waals surface area contributed by atoms with Crippen molar-refractivity contribution in [2.75, 3.05) is 37.5 Å². The van der Waals surface area contributed by atoms with E-state index < -0.39 is 0 Å². The highest BCUT2D eigenvalue weighted by molar-refractivity contribution is 6.46. The summed E-state index contributed by atoms with van der Waals surface area (Å²) in [4.78, 5) is 6.30. The number of benzene rings is 1. The van der Waals surface area contributed by atoms with Gasteiger partial charge in [-0.1, -0.05) is 23.2 Å². The van der Waals surface area contributed by atoms with E-state index in [9.17, 15) is 0 Å². The molecule has 6 heteroatoms. The number of fused-ring (bicyclic) bond motifs is 1. The molecule has 2 aromatic rings. The molecule has 0 bridgehead atoms. The second kappa shape index (κ2) is 5.82. The van der Waals surface area contributed by atoms with Crippen LogP contribution in [0.3, 0.4) is 0 Å². The van der Waals surface area contributed by atoms with Crippen molar-refractivity contribution >= 4 is 45.5 Å². The summed E-state index contributed by atoms with van der Waals surface area (Å²) in [6.45, 7) is 0.565. The molecule has 0 radical (unpaired) electrons. The number of hydrogen-bond donors (Lipinski definition) is 2. The van der Waals surface area contributed by atoms with Gasteiger partial charge in [-0.2, -0.15) is 0 Å². The molecule has 4 nitrogen and oxygen atoms in total. The molecule has 0 saturated heterocycles. The maximum atomic E-state index is 9.04. The quantitative estimate of drug-likeness (QED) is 0.911. The molecule has 19 heavy (non-hydrogen) atoms. The van der Waals surface area contributed by atoms with Gasteiger partial charge in [0.05, 0.1) is 28.5 Å². The predicted molar refractivity (Wildman–Crippen MR) is 81.7 cm³/mol. The van der Waals surface area contributed by atoms with Gasteiger partial charge < -0.3 is 15.3 Å². The number of aliphatic hydroxyl groups excluding tert-OH is 1. The van der Waals surface area contributed by atoms with Crippen LogP contribution in [0.15, 0.2) is 18.3 Å². The average Bonchev–Trinajstić information content (AvgIpc) is 2.41. The number of pyridine rings is 1. The van der Waals surface area contributed by atoms with Crippen molar-refractivity contribution < 1.29 is 5.11 Å². The Hall–Kier alpha value is -1.23. The van der Waals surface area contributed by atoms with E-state index in [0.717, 1.165) is 22.3 Å². The zero-order chi connectivity index (χ0) is 14.0. The van der Waals surface area contributed by atoms with Crippen molar-refractivity contribution in [1.82, 2.24) is 4.98 Å². The third-order valence-electron chi connectivity index (χ3n) is 2.99. The lowest BCUT2D eigenvalue weighted by atomic mass is 10.1. The highest BCUT2D eigenvalue weighted by Crippen LogP contribution is 2.38. The summed E-state index contributed by atoms with van der Waals surface area (Å²) in [5.74, 6) is 0.765. The molecule has 0 aliphatic heterocycles. The molecule has 0 unspecified atom stereocenters. The summed E-state index contributed by atoms with van der Waals surface area (Å²) in [7, 11) is 3.68. The predicted octanol–water partition coefficient (Wildman–Crippen LogP) is 3.01. The molecule has 0 aliphatic carbocycles. The Morgan fingerprint density at radius 3 is 2.74 bits per heavy atom. The van der Waals surface area contributed by atoms with Gasteiger partial charge in [-0.3, -0.25) is 0 Å². The van der Waals surface area contributed by atoms with Crippen molar-refractivity contribution in [1.29, 1.82) is 0 Å². The molecular weight excluding hydrogens is 285 g/mol. The Morgan fingerprint density at radius 2 is 2.11 bits per heavy atom. The average molecular weight is 300 g/mol. The SMILES string of the molecule is CNc1cnc(N(C)CCO)c2ccc(Cl)c(Cl)c12. The fourth-order valence-electron chi connectivity index (χ4n) is 2.01. The summed E-state index contributed by atoms with van der Waals surface area (Å²) in [6.07, 6.45) is 1.72. The van der Waals surface area contributed by atoms with Crippen molar-refractivity contribution in [3.8, 4) is 0 Å². The minimum absolute atomic E-state index is 0.0643. The van der Waals surface area contributed by atoms with Gasteiger partial charge in [0.15, 0.2) is 0 Å². The molecule has 2 rings (SSSR count). The summed E-state index contributed by atoms with van der Waals surface area (Å²) < 4.78 is 0. The zero-order valence-electron chi connectivity index (χ0n) is 10.7. The summed E-state index contributed by atoms with van der Waals surface area (Å²) in [5.41, 5.74) is 0.823. The lowest BCUT2D eigenvalue weighted by Crippen LogP contribution is -2.22. The van der Waals surface area contributed by atoms with Gasteiger partial charge in [0.2, 0.25) is 0 Å². The standard InChI is InChI=1S/C13H15Cl2N3O/c1-16-10-7-17-13(18(2)5-6-19)8-3-4-9(14)12(15)11(8)10/h3-4,7,16,19H,5-6H2,1-2H3. The highest BCUT2D eigenvalue weighted by atomic mass is 35.5. The summed E-state index contributed by atoms with van der Waals surface area (Å²) >= 11 is 12.4. The number of rotatable bonds is 4. The largest absolute Gasteiger partial charge is 0.395 e. The normalized spacial score (nSPS) is 10.8. The maximum absolute atomic E-state index is 9.04. The van der Waals surface area contributed by atoms with Crippen molar-refractivity contribution in [2.45, 2.75) is 0 Å². The maximum Gasteiger partial charge on any atom is 0.136 e. The number of nitrogens with zero attached hydrogens (tertiary/aromatic N) is 2. The lowest BCUT2D eigenvalue weighted by molar-refractivity contribution is 0.304. The molecule has 1 aromatic carbocycles. The monoisotopic (exact) mass is 299 g/mol. The third kappa shape index (κ3) is 2.56. The van der Waals surface area contributed by atoms with Gasteiger partial charge in [0.1, 0.15) is 5.82 Å². The Balaban J connectivity index is 2.73. The Labute approximate surface area is 122 Å². The first-order valence-electron chi connectivity index (χ1n) is 5.86. The molecule has 1 aromatic heterocycles. The molecule has 102 valence electrons. The number of halogens is 2. The first-order chi connectivity index (χ1) is 9.10. The van der Waals surface area contributed by atoms with Crippen LogP contribution >= 0.6 is 23.2 Å². The van der Waals surface area contributed by atoms with Crippen LogP contribution in [-0.4, -0.2) is 37.3 Å². The van der Waals surface area contributed by atoms with Crippen molar-refractivity contribution in [3.63, 3.8) is 0 Å². The molecule has 2 N–H and O–H groups in total. The van der Waals surface area contributed by atoms with E-state index in [1.165, 1.54) is 0 Å². The number of hydrogen-bond acceptors (Lipinski definition) is 4. The molecule has 0 amide bonds. The van der Waals surface area contributed by atoms with E-state index in [1.54, 1.807) is 12.3 Å². The number of aliphatic hydroxyl groups is 1. The molecule has 0 saturated carbocycles. The topological polar surface area (TPSA) is 48.4 Å². The second-order valence-corrected chi connectivity index (χ2v) is 4.96. The number of aromatic nitrogens is 1. The Bertz CT molecular complexity index is 604. The van der Waals surface area contributed by atoms with Crippen molar-refractivity contribution in [3.05, 3.63) is 28.4 Å². The van der Waals surface area contributed by atoms with Crippen LogP contribution in [0.25, 0.3) is 10.8 Å². The van der Waals surface area contributed by atoms with Crippen LogP contribution in [0.5, 0.6) is 0 Å². The summed E-state index contributed by atoms with van der Waals surface area (Å²) in [6, 6.07) is 3.64. The molecule has 1 heterocycles. The van der Waals surface area contributed by atoms with Crippen molar-refractivity contribution in [2.24, 2.45) is 0 Å². The van der Waals surface area contributed by atoms with E-state index in [0.29, 0.717) is 16.6 Å². The zero-order valence-corrected chi connectivity index (χ0v) is 12.3. The first-order valence-corrected chi connectivity index (χ1v) is 6.62. The first kappa shape index (κ1) is 14.2. The molecule has 0 spiro atoms. The molecule has 0 atom stereocenters. The Kier molecular flexibility index (Phi) is 4.34. The van der Waals surface area contributed by atoms with Gasteiger partial charge in [0.25, 0.3) is 0 Å². The molecule has 0 aliphatic rings. The number of anilines is 2. The van der Waals surface area contributed by atoms with Crippen LogP contribution in [-0.2, 0) is 0 Å². The van der Waals surface area contributed by atoms with E-state index in [-0.39, 0.29) is 6.61 Å². The van der Waals surface area contributed by atoms with Crippen LogP contribution in [0.4, 0.5) is 11.5 Å². The van der Waals surface area contributed by atoms with Gasteiger partial charge in [-0.25, -0.2) is 4.98 Å². The third-order valence-corrected chi connectivity index (χ3v) is 3.79. The molecule has 0 fully saturated rings. The minimum atomic E-state index is 0.0643.